The van der Waals surface area contributed by atoms with Gasteiger partial charge in [0.05, 0.1) is 5.56 Å². The molecular formula is C14H20N2O3. The predicted molar refractivity (Wildman–Crippen MR) is 72.1 cm³/mol. The van der Waals surface area contributed by atoms with Gasteiger partial charge in [-0.25, -0.2) is 0 Å². The van der Waals surface area contributed by atoms with Crippen LogP contribution in [0, 0.1) is 5.41 Å². The summed E-state index contributed by atoms with van der Waals surface area (Å²) in [7, 11) is 0. The van der Waals surface area contributed by atoms with Gasteiger partial charge >= 0.3 is 0 Å². The van der Waals surface area contributed by atoms with Crippen LogP contribution in [0.15, 0.2) is 18.2 Å². The van der Waals surface area contributed by atoms with Crippen LogP contribution in [0.5, 0.6) is 11.5 Å². The molecule has 5 nitrogen and oxygen atoms in total. The quantitative estimate of drug-likeness (QED) is 0.703. The van der Waals surface area contributed by atoms with Crippen molar-refractivity contribution in [3.63, 3.8) is 0 Å². The molecule has 19 heavy (non-hydrogen) atoms. The minimum absolute atomic E-state index is 0.0232. The second-order valence-electron chi connectivity index (χ2n) is 5.51. The Hall–Kier alpha value is -1.75. The van der Waals surface area contributed by atoms with Crippen LogP contribution in [-0.4, -0.2) is 40.7 Å². The minimum Gasteiger partial charge on any atom is -0.508 e. The number of nitrogens with two attached hydrogens (primary N) is 1. The predicted octanol–water partition coefficient (Wildman–Crippen LogP) is 1.30. The summed E-state index contributed by atoms with van der Waals surface area (Å²) < 4.78 is 0. The van der Waals surface area contributed by atoms with Gasteiger partial charge in [-0.1, -0.05) is 6.92 Å². The minimum atomic E-state index is -0.243. The van der Waals surface area contributed by atoms with Crippen LogP contribution in [-0.2, 0) is 0 Å². The highest BCUT2D eigenvalue weighted by atomic mass is 16.3. The number of rotatable bonds is 2. The van der Waals surface area contributed by atoms with Crippen molar-refractivity contribution >= 4 is 5.91 Å². The number of aromatic hydroxyl groups is 2. The number of piperidine rings is 1. The number of phenols is 2. The molecule has 1 heterocycles. The fourth-order valence-corrected chi connectivity index (χ4v) is 2.32. The summed E-state index contributed by atoms with van der Waals surface area (Å²) in [5, 5.41) is 19.1. The molecule has 1 aliphatic rings. The zero-order valence-corrected chi connectivity index (χ0v) is 11.1. The Kier molecular flexibility index (Phi) is 3.66. The molecule has 0 aliphatic carbocycles. The number of benzene rings is 1. The number of hydrogen-bond acceptors (Lipinski definition) is 4. The molecule has 1 aliphatic heterocycles. The third-order valence-electron chi connectivity index (χ3n) is 3.96. The van der Waals surface area contributed by atoms with Crippen molar-refractivity contribution in [1.29, 1.82) is 0 Å². The third-order valence-corrected chi connectivity index (χ3v) is 3.96. The van der Waals surface area contributed by atoms with Crippen LogP contribution >= 0.6 is 0 Å². The molecule has 5 heteroatoms. The van der Waals surface area contributed by atoms with Gasteiger partial charge in [-0.15, -0.1) is 0 Å². The Morgan fingerprint density at radius 1 is 1.37 bits per heavy atom. The van der Waals surface area contributed by atoms with Crippen LogP contribution in [0.25, 0.3) is 0 Å². The Bertz CT molecular complexity index is 480. The van der Waals surface area contributed by atoms with Gasteiger partial charge in [-0.3, -0.25) is 4.79 Å². The topological polar surface area (TPSA) is 86.8 Å². The molecule has 4 N–H and O–H groups in total. The number of likely N-dealkylation sites (tertiary alicyclic amines) is 1. The highest BCUT2D eigenvalue weighted by Crippen LogP contribution is 2.31. The van der Waals surface area contributed by atoms with Gasteiger partial charge in [0, 0.05) is 13.1 Å². The van der Waals surface area contributed by atoms with Crippen molar-refractivity contribution in [2.24, 2.45) is 11.1 Å². The molecule has 1 fully saturated rings. The van der Waals surface area contributed by atoms with E-state index in [2.05, 4.69) is 6.92 Å². The van der Waals surface area contributed by atoms with E-state index in [0.717, 1.165) is 12.8 Å². The molecule has 0 spiro atoms. The first-order chi connectivity index (χ1) is 8.95. The molecular weight excluding hydrogens is 244 g/mol. The lowest BCUT2D eigenvalue weighted by molar-refractivity contribution is 0.0614. The maximum Gasteiger partial charge on any atom is 0.257 e. The first-order valence-corrected chi connectivity index (χ1v) is 6.46. The first-order valence-electron chi connectivity index (χ1n) is 6.46. The fourth-order valence-electron chi connectivity index (χ4n) is 2.32. The second-order valence-corrected chi connectivity index (χ2v) is 5.51. The molecule has 1 saturated heterocycles. The smallest absolute Gasteiger partial charge is 0.257 e. The molecule has 0 bridgehead atoms. The van der Waals surface area contributed by atoms with E-state index in [4.69, 9.17) is 5.73 Å². The summed E-state index contributed by atoms with van der Waals surface area (Å²) in [5.74, 6) is -0.368. The second kappa shape index (κ2) is 5.09. The molecule has 0 radical (unpaired) electrons. The van der Waals surface area contributed by atoms with E-state index in [0.29, 0.717) is 19.6 Å². The van der Waals surface area contributed by atoms with E-state index < -0.39 is 0 Å². The lowest BCUT2D eigenvalue weighted by Gasteiger charge is -2.38. The lowest BCUT2D eigenvalue weighted by atomic mass is 9.80. The summed E-state index contributed by atoms with van der Waals surface area (Å²) in [6.45, 7) is 4.00. The van der Waals surface area contributed by atoms with E-state index in [1.165, 1.54) is 18.2 Å². The molecule has 104 valence electrons. The van der Waals surface area contributed by atoms with Gasteiger partial charge in [0.1, 0.15) is 11.5 Å². The number of carbonyl (C=O) groups excluding carboxylic acids is 1. The number of hydrogen-bond donors (Lipinski definition) is 3. The van der Waals surface area contributed by atoms with E-state index in [-0.39, 0.29) is 28.4 Å². The third kappa shape index (κ3) is 2.81. The standard InChI is InChI=1S/C14H20N2O3/c1-14(9-15)4-6-16(7-5-14)13(19)11-8-10(17)2-3-12(11)18/h2-3,8,17-18H,4-7,9,15H2,1H3. The van der Waals surface area contributed by atoms with Gasteiger partial charge in [-0.05, 0) is 43.0 Å². The monoisotopic (exact) mass is 264 g/mol. The van der Waals surface area contributed by atoms with Crippen molar-refractivity contribution in [2.45, 2.75) is 19.8 Å². The normalized spacial score (nSPS) is 18.3. The highest BCUT2D eigenvalue weighted by Gasteiger charge is 2.31. The summed E-state index contributed by atoms with van der Waals surface area (Å²) in [4.78, 5) is 14.0. The lowest BCUT2D eigenvalue weighted by Crippen LogP contribution is -2.44. The summed E-state index contributed by atoms with van der Waals surface area (Å²) >= 11 is 0. The van der Waals surface area contributed by atoms with Gasteiger partial charge in [-0.2, -0.15) is 0 Å². The van der Waals surface area contributed by atoms with E-state index in [1.807, 2.05) is 0 Å². The number of amides is 1. The SMILES string of the molecule is CC1(CN)CCN(C(=O)c2cc(O)ccc2O)CC1. The van der Waals surface area contributed by atoms with E-state index in [9.17, 15) is 15.0 Å². The maximum absolute atomic E-state index is 12.3. The maximum atomic E-state index is 12.3. The van der Waals surface area contributed by atoms with Crippen LogP contribution in [0.4, 0.5) is 0 Å². The van der Waals surface area contributed by atoms with Crippen molar-refractivity contribution < 1.29 is 15.0 Å². The molecule has 2 rings (SSSR count). The Morgan fingerprint density at radius 2 is 2.00 bits per heavy atom. The Labute approximate surface area is 112 Å². The molecule has 0 unspecified atom stereocenters. The van der Waals surface area contributed by atoms with Crippen molar-refractivity contribution in [1.82, 2.24) is 4.90 Å². The average Bonchev–Trinajstić information content (AvgIpc) is 2.42. The Balaban J connectivity index is 2.11. The van der Waals surface area contributed by atoms with Gasteiger partial charge < -0.3 is 20.8 Å². The largest absolute Gasteiger partial charge is 0.508 e. The zero-order valence-electron chi connectivity index (χ0n) is 11.1. The summed E-state index contributed by atoms with van der Waals surface area (Å²) in [6, 6.07) is 3.98. The van der Waals surface area contributed by atoms with Gasteiger partial charge in [0.15, 0.2) is 0 Å². The van der Waals surface area contributed by atoms with Crippen LogP contribution in [0.3, 0.4) is 0 Å². The molecule has 0 saturated carbocycles. The first kappa shape index (κ1) is 13.7. The van der Waals surface area contributed by atoms with Crippen molar-refractivity contribution in [3.8, 4) is 11.5 Å². The van der Waals surface area contributed by atoms with Gasteiger partial charge in [0.2, 0.25) is 0 Å². The number of nitrogens with zero attached hydrogens (tertiary/aromatic N) is 1. The fraction of sp³-hybridized carbons (Fsp3) is 0.500. The zero-order chi connectivity index (χ0) is 14.0. The average molecular weight is 264 g/mol. The summed E-state index contributed by atoms with van der Waals surface area (Å²) in [6.07, 6.45) is 1.71. The molecule has 1 aromatic rings. The highest BCUT2D eigenvalue weighted by molar-refractivity contribution is 5.97. The van der Waals surface area contributed by atoms with Crippen molar-refractivity contribution in [3.05, 3.63) is 23.8 Å². The van der Waals surface area contributed by atoms with E-state index in [1.54, 1.807) is 4.90 Å². The van der Waals surface area contributed by atoms with Crippen LogP contribution in [0.2, 0.25) is 0 Å². The molecule has 1 aromatic carbocycles. The molecule has 1 amide bonds. The van der Waals surface area contributed by atoms with Crippen molar-refractivity contribution in [2.75, 3.05) is 19.6 Å². The van der Waals surface area contributed by atoms with E-state index >= 15 is 0 Å². The van der Waals surface area contributed by atoms with Gasteiger partial charge in [0.25, 0.3) is 5.91 Å². The molecule has 0 atom stereocenters. The number of carbonyl (C=O) groups is 1. The van der Waals surface area contributed by atoms with Crippen LogP contribution in [0.1, 0.15) is 30.1 Å². The Morgan fingerprint density at radius 3 is 2.58 bits per heavy atom. The summed E-state index contributed by atoms with van der Waals surface area (Å²) in [5.41, 5.74) is 5.98. The molecule has 0 aromatic heterocycles. The number of phenolic OH excluding ortho intramolecular Hbond substituents is 2. The van der Waals surface area contributed by atoms with Crippen LogP contribution < -0.4 is 5.73 Å².